The molecule has 0 aliphatic rings. The lowest BCUT2D eigenvalue weighted by Crippen LogP contribution is -2.31. The van der Waals surface area contributed by atoms with Crippen molar-refractivity contribution in [1.82, 2.24) is 5.32 Å². The van der Waals surface area contributed by atoms with Crippen molar-refractivity contribution < 1.29 is 14.3 Å². The number of ether oxygens (including phenoxy) is 1. The highest BCUT2D eigenvalue weighted by Gasteiger charge is 2.15. The van der Waals surface area contributed by atoms with Gasteiger partial charge in [-0.1, -0.05) is 35.9 Å². The normalized spacial score (nSPS) is 11.7. The number of hydrogen-bond donors (Lipinski definition) is 1. The van der Waals surface area contributed by atoms with E-state index in [1.807, 2.05) is 32.0 Å². The highest BCUT2D eigenvalue weighted by atomic mass is 35.5. The van der Waals surface area contributed by atoms with Gasteiger partial charge in [0.05, 0.1) is 0 Å². The molecule has 0 radical (unpaired) electrons. The Kier molecular flexibility index (Phi) is 5.99. The van der Waals surface area contributed by atoms with Gasteiger partial charge in [-0.15, -0.1) is 0 Å². The van der Waals surface area contributed by atoms with E-state index in [0.29, 0.717) is 10.6 Å². The molecule has 5 heteroatoms. The molecule has 0 saturated heterocycles. The van der Waals surface area contributed by atoms with Gasteiger partial charge in [0, 0.05) is 16.1 Å². The Morgan fingerprint density at radius 1 is 1.12 bits per heavy atom. The molecule has 4 nitrogen and oxygen atoms in total. The maximum atomic E-state index is 12.1. The number of aryl methyl sites for hydroxylation is 2. The van der Waals surface area contributed by atoms with E-state index < -0.39 is 12.1 Å². The van der Waals surface area contributed by atoms with Crippen LogP contribution in [0, 0.1) is 13.8 Å². The van der Waals surface area contributed by atoms with Crippen molar-refractivity contribution in [2.45, 2.75) is 26.9 Å². The van der Waals surface area contributed by atoms with Crippen LogP contribution in [0.5, 0.6) is 0 Å². The average molecular weight is 346 g/mol. The van der Waals surface area contributed by atoms with E-state index >= 15 is 0 Å². The van der Waals surface area contributed by atoms with Crippen molar-refractivity contribution >= 4 is 23.5 Å². The van der Waals surface area contributed by atoms with E-state index in [-0.39, 0.29) is 12.5 Å². The number of amides is 1. The summed E-state index contributed by atoms with van der Waals surface area (Å²) in [5.74, 6) is -0.819. The summed E-state index contributed by atoms with van der Waals surface area (Å²) < 4.78 is 5.31. The molecule has 24 heavy (non-hydrogen) atoms. The van der Waals surface area contributed by atoms with Gasteiger partial charge in [0.15, 0.2) is 0 Å². The summed E-state index contributed by atoms with van der Waals surface area (Å²) in [7, 11) is 0. The molecule has 2 rings (SSSR count). The Labute approximate surface area is 146 Å². The molecule has 126 valence electrons. The summed E-state index contributed by atoms with van der Waals surface area (Å²) in [6, 6.07) is 12.6. The maximum absolute atomic E-state index is 12.1. The van der Waals surface area contributed by atoms with Crippen LogP contribution in [-0.4, -0.2) is 18.4 Å². The van der Waals surface area contributed by atoms with Gasteiger partial charge in [0.25, 0.3) is 5.91 Å². The Morgan fingerprint density at radius 3 is 2.50 bits per heavy atom. The van der Waals surface area contributed by atoms with Crippen molar-refractivity contribution in [3.63, 3.8) is 0 Å². The molecule has 1 N–H and O–H groups in total. The lowest BCUT2D eigenvalue weighted by molar-refractivity contribution is -0.147. The third-order valence-electron chi connectivity index (χ3n) is 3.81. The van der Waals surface area contributed by atoms with E-state index in [4.69, 9.17) is 16.3 Å². The van der Waals surface area contributed by atoms with Gasteiger partial charge in [-0.05, 0) is 50.1 Å². The second-order valence-corrected chi connectivity index (χ2v) is 6.04. The Morgan fingerprint density at radius 2 is 1.83 bits per heavy atom. The summed E-state index contributed by atoms with van der Waals surface area (Å²) in [5.41, 5.74) is 3.38. The first-order valence-electron chi connectivity index (χ1n) is 7.68. The molecule has 0 saturated carbocycles. The summed E-state index contributed by atoms with van der Waals surface area (Å²) in [5, 5.41) is 3.11. The van der Waals surface area contributed by atoms with E-state index in [0.717, 1.165) is 16.7 Å². The molecule has 0 aromatic heterocycles. The van der Waals surface area contributed by atoms with Crippen LogP contribution in [0.3, 0.4) is 0 Å². The summed E-state index contributed by atoms with van der Waals surface area (Å²) in [6.45, 7) is 5.46. The fourth-order valence-corrected chi connectivity index (χ4v) is 2.53. The number of rotatable bonds is 5. The number of benzene rings is 2. The van der Waals surface area contributed by atoms with Crippen LogP contribution >= 0.6 is 11.6 Å². The van der Waals surface area contributed by atoms with Crippen LogP contribution in [0.2, 0.25) is 5.02 Å². The molecule has 0 heterocycles. The molecule has 0 spiro atoms. The first-order chi connectivity index (χ1) is 11.4. The first kappa shape index (κ1) is 18.0. The predicted molar refractivity (Wildman–Crippen MR) is 94.2 cm³/mol. The minimum atomic E-state index is -0.514. The van der Waals surface area contributed by atoms with E-state index in [9.17, 15) is 9.59 Å². The minimum Gasteiger partial charge on any atom is -0.456 e. The van der Waals surface area contributed by atoms with E-state index in [1.54, 1.807) is 31.2 Å². The quantitative estimate of drug-likeness (QED) is 0.833. The molecule has 0 fully saturated rings. The lowest BCUT2D eigenvalue weighted by atomic mass is 10.1. The van der Waals surface area contributed by atoms with Crippen LogP contribution < -0.4 is 5.32 Å². The number of esters is 1. The van der Waals surface area contributed by atoms with Gasteiger partial charge >= 0.3 is 5.97 Å². The number of halogens is 1. The Balaban J connectivity index is 1.89. The zero-order chi connectivity index (χ0) is 17.7. The standard InChI is InChI=1S/C19H20ClNO3/c1-12-8-9-15(10-13(12)2)19(23)21-11-18(22)24-14(3)16-6-4-5-7-17(16)20/h4-10,14H,11H2,1-3H3,(H,21,23)/t14-/m0/s1. The predicted octanol–water partition coefficient (Wildman–Crippen LogP) is 3.99. The van der Waals surface area contributed by atoms with Crippen molar-refractivity contribution in [2.24, 2.45) is 0 Å². The number of hydrogen-bond acceptors (Lipinski definition) is 3. The maximum Gasteiger partial charge on any atom is 0.326 e. The molecule has 1 amide bonds. The van der Waals surface area contributed by atoms with Crippen molar-refractivity contribution in [1.29, 1.82) is 0 Å². The van der Waals surface area contributed by atoms with Crippen molar-refractivity contribution in [2.75, 3.05) is 6.54 Å². The van der Waals surface area contributed by atoms with Crippen LogP contribution in [0.15, 0.2) is 42.5 Å². The third-order valence-corrected chi connectivity index (χ3v) is 4.16. The SMILES string of the molecule is Cc1ccc(C(=O)NCC(=O)O[C@@H](C)c2ccccc2Cl)cc1C. The molecule has 2 aromatic carbocycles. The minimum absolute atomic E-state index is 0.194. The van der Waals surface area contributed by atoms with E-state index in [1.165, 1.54) is 0 Å². The zero-order valence-corrected chi connectivity index (χ0v) is 14.7. The topological polar surface area (TPSA) is 55.4 Å². The van der Waals surface area contributed by atoms with Gasteiger partial charge < -0.3 is 10.1 Å². The van der Waals surface area contributed by atoms with Gasteiger partial charge in [0.1, 0.15) is 12.6 Å². The monoisotopic (exact) mass is 345 g/mol. The van der Waals surface area contributed by atoms with Gasteiger partial charge in [-0.3, -0.25) is 9.59 Å². The van der Waals surface area contributed by atoms with Gasteiger partial charge in [-0.25, -0.2) is 0 Å². The highest BCUT2D eigenvalue weighted by Crippen LogP contribution is 2.24. The molecule has 0 aliphatic carbocycles. The number of carbonyl (C=O) groups excluding carboxylic acids is 2. The van der Waals surface area contributed by atoms with Gasteiger partial charge in [0.2, 0.25) is 0 Å². The first-order valence-corrected chi connectivity index (χ1v) is 8.05. The van der Waals surface area contributed by atoms with E-state index in [2.05, 4.69) is 5.32 Å². The number of carbonyl (C=O) groups is 2. The summed E-state index contributed by atoms with van der Waals surface area (Å²) >= 11 is 6.08. The lowest BCUT2D eigenvalue weighted by Gasteiger charge is -2.15. The molecule has 2 aromatic rings. The second kappa shape index (κ2) is 7.97. The molecule has 0 bridgehead atoms. The van der Waals surface area contributed by atoms with Crippen LogP contribution in [-0.2, 0) is 9.53 Å². The zero-order valence-electron chi connectivity index (χ0n) is 13.9. The van der Waals surface area contributed by atoms with Crippen molar-refractivity contribution in [3.8, 4) is 0 Å². The highest BCUT2D eigenvalue weighted by molar-refractivity contribution is 6.31. The second-order valence-electron chi connectivity index (χ2n) is 5.64. The molecule has 0 unspecified atom stereocenters. The average Bonchev–Trinajstić information content (AvgIpc) is 2.55. The summed E-state index contributed by atoms with van der Waals surface area (Å²) in [6.07, 6.45) is -0.482. The van der Waals surface area contributed by atoms with Crippen LogP contribution in [0.4, 0.5) is 0 Å². The third kappa shape index (κ3) is 4.59. The van der Waals surface area contributed by atoms with Gasteiger partial charge in [-0.2, -0.15) is 0 Å². The Hall–Kier alpha value is -2.33. The van der Waals surface area contributed by atoms with Crippen LogP contribution in [0.1, 0.15) is 40.1 Å². The number of nitrogens with one attached hydrogen (secondary N) is 1. The molecule has 0 aliphatic heterocycles. The van der Waals surface area contributed by atoms with Crippen LogP contribution in [0.25, 0.3) is 0 Å². The van der Waals surface area contributed by atoms with Crippen molar-refractivity contribution in [3.05, 3.63) is 69.7 Å². The molecular formula is C19H20ClNO3. The molecule has 1 atom stereocenters. The largest absolute Gasteiger partial charge is 0.456 e. The summed E-state index contributed by atoms with van der Waals surface area (Å²) in [4.78, 5) is 24.0. The Bertz CT molecular complexity index is 758. The smallest absolute Gasteiger partial charge is 0.326 e. The fourth-order valence-electron chi connectivity index (χ4n) is 2.24. The molecular weight excluding hydrogens is 326 g/mol. The fraction of sp³-hybridized carbons (Fsp3) is 0.263.